The molecule has 1 aromatic rings. The molecule has 6 nitrogen and oxygen atoms in total. The topological polar surface area (TPSA) is 62.6 Å². The van der Waals surface area contributed by atoms with Crippen LogP contribution in [0, 0.1) is 0 Å². The molecule has 1 rings (SSSR count). The van der Waals surface area contributed by atoms with Crippen LogP contribution >= 0.6 is 0 Å². The number of hydrogen-bond acceptors (Lipinski definition) is 5. The molecular formula is C12H17F3N2O4. The smallest absolute Gasteiger partial charge is 0.382 e. The van der Waals surface area contributed by atoms with Crippen molar-refractivity contribution < 1.29 is 32.2 Å². The second kappa shape index (κ2) is 8.75. The van der Waals surface area contributed by atoms with Crippen molar-refractivity contribution in [2.75, 3.05) is 40.1 Å². The monoisotopic (exact) mass is 310 g/mol. The second-order valence-electron chi connectivity index (χ2n) is 4.04. The Morgan fingerprint density at radius 1 is 1.19 bits per heavy atom. The minimum absolute atomic E-state index is 0.253. The lowest BCUT2D eigenvalue weighted by Gasteiger charge is -2.05. The van der Waals surface area contributed by atoms with Crippen LogP contribution in [0.25, 0.3) is 0 Å². The molecule has 0 radical (unpaired) electrons. The summed E-state index contributed by atoms with van der Waals surface area (Å²) in [5, 5.41) is 3.68. The van der Waals surface area contributed by atoms with E-state index in [4.69, 9.17) is 14.2 Å². The van der Waals surface area contributed by atoms with Gasteiger partial charge in [0.2, 0.25) is 0 Å². The largest absolute Gasteiger partial charge is 0.454 e. The summed E-state index contributed by atoms with van der Waals surface area (Å²) in [6.07, 6.45) is -2.94. The van der Waals surface area contributed by atoms with E-state index >= 15 is 0 Å². The first-order valence-corrected chi connectivity index (χ1v) is 6.23. The molecule has 0 amide bonds. The molecule has 0 aliphatic rings. The van der Waals surface area contributed by atoms with E-state index < -0.39 is 17.5 Å². The van der Waals surface area contributed by atoms with Crippen molar-refractivity contribution in [3.05, 3.63) is 18.0 Å². The Hall–Kier alpha value is -1.45. The quantitative estimate of drug-likeness (QED) is 0.481. The molecule has 0 N–H and O–H groups in total. The van der Waals surface area contributed by atoms with E-state index in [2.05, 4.69) is 5.10 Å². The van der Waals surface area contributed by atoms with Crippen LogP contribution in [-0.2, 0) is 20.8 Å². The molecular weight excluding hydrogens is 293 g/mol. The summed E-state index contributed by atoms with van der Waals surface area (Å²) in [7, 11) is 1.57. The van der Waals surface area contributed by atoms with Crippen LogP contribution in [0.4, 0.5) is 13.2 Å². The summed E-state index contributed by atoms with van der Waals surface area (Å²) < 4.78 is 53.0. The molecule has 0 aromatic carbocycles. The minimum Gasteiger partial charge on any atom is -0.382 e. The van der Waals surface area contributed by atoms with Crippen LogP contribution in [0.3, 0.4) is 0 Å². The number of ketones is 1. The van der Waals surface area contributed by atoms with E-state index in [0.717, 1.165) is 12.4 Å². The number of carbonyl (C=O) groups is 1. The fourth-order valence-corrected chi connectivity index (χ4v) is 1.39. The highest BCUT2D eigenvalue weighted by Crippen LogP contribution is 2.20. The van der Waals surface area contributed by atoms with Gasteiger partial charge in [-0.05, 0) is 0 Å². The van der Waals surface area contributed by atoms with E-state index in [0.29, 0.717) is 26.4 Å². The van der Waals surface area contributed by atoms with Gasteiger partial charge >= 0.3 is 6.18 Å². The van der Waals surface area contributed by atoms with Crippen LogP contribution in [0.5, 0.6) is 0 Å². The van der Waals surface area contributed by atoms with E-state index in [1.54, 1.807) is 7.11 Å². The lowest BCUT2D eigenvalue weighted by molar-refractivity contribution is -0.0885. The number of nitrogens with zero attached hydrogens (tertiary/aromatic N) is 2. The van der Waals surface area contributed by atoms with Crippen molar-refractivity contribution in [2.45, 2.75) is 12.7 Å². The third kappa shape index (κ3) is 6.69. The van der Waals surface area contributed by atoms with Gasteiger partial charge in [-0.15, -0.1) is 0 Å². The van der Waals surface area contributed by atoms with Gasteiger partial charge in [-0.1, -0.05) is 0 Å². The lowest BCUT2D eigenvalue weighted by atomic mass is 10.2. The molecule has 1 heterocycles. The zero-order valence-corrected chi connectivity index (χ0v) is 11.6. The van der Waals surface area contributed by atoms with Crippen LogP contribution in [0.1, 0.15) is 10.4 Å². The van der Waals surface area contributed by atoms with Crippen molar-refractivity contribution in [1.82, 2.24) is 9.78 Å². The van der Waals surface area contributed by atoms with Gasteiger partial charge in [-0.3, -0.25) is 9.48 Å². The van der Waals surface area contributed by atoms with Crippen molar-refractivity contribution in [2.24, 2.45) is 0 Å². The minimum atomic E-state index is -4.89. The average molecular weight is 310 g/mol. The number of carbonyl (C=O) groups excluding carboxylic acids is 1. The summed E-state index contributed by atoms with van der Waals surface area (Å²) in [5.74, 6) is -1.90. The van der Waals surface area contributed by atoms with Crippen LogP contribution in [0.15, 0.2) is 12.4 Å². The summed E-state index contributed by atoms with van der Waals surface area (Å²) in [4.78, 5) is 10.9. The van der Waals surface area contributed by atoms with Crippen LogP contribution < -0.4 is 0 Å². The Bertz CT molecular complexity index is 434. The molecule has 0 aliphatic carbocycles. The molecule has 0 unspecified atom stereocenters. The van der Waals surface area contributed by atoms with Gasteiger partial charge in [0, 0.05) is 13.3 Å². The molecule has 21 heavy (non-hydrogen) atoms. The Morgan fingerprint density at radius 3 is 2.43 bits per heavy atom. The Kier molecular flexibility index (Phi) is 7.34. The first-order chi connectivity index (χ1) is 9.95. The summed E-state index contributed by atoms with van der Waals surface area (Å²) in [6.45, 7) is 2.25. The predicted octanol–water partition coefficient (Wildman–Crippen LogP) is 1.31. The second-order valence-corrected chi connectivity index (χ2v) is 4.04. The molecule has 0 bridgehead atoms. The zero-order chi connectivity index (χ0) is 15.7. The normalized spacial score (nSPS) is 11.8. The molecule has 0 spiro atoms. The van der Waals surface area contributed by atoms with Crippen molar-refractivity contribution in [3.8, 4) is 0 Å². The van der Waals surface area contributed by atoms with Crippen molar-refractivity contribution in [1.29, 1.82) is 0 Å². The van der Waals surface area contributed by atoms with E-state index in [9.17, 15) is 18.0 Å². The van der Waals surface area contributed by atoms with Gasteiger partial charge < -0.3 is 14.2 Å². The van der Waals surface area contributed by atoms with Gasteiger partial charge in [-0.2, -0.15) is 18.3 Å². The lowest BCUT2D eigenvalue weighted by Crippen LogP contribution is -2.22. The third-order valence-electron chi connectivity index (χ3n) is 2.42. The molecule has 0 saturated carbocycles. The third-order valence-corrected chi connectivity index (χ3v) is 2.42. The number of hydrogen-bond donors (Lipinski definition) is 0. The number of ether oxygens (including phenoxy) is 3. The maximum atomic E-state index is 12.2. The number of Topliss-reactive ketones (excluding diaryl/α,β-unsaturated/α-hetero) is 1. The molecule has 1 aromatic heterocycles. The standard InChI is InChI=1S/C12H17F3N2O4/c1-19-4-5-21-7-6-20-3-2-17-9-10(8-16-17)11(18)12(13,14)15/h8-9H,2-7H2,1H3. The van der Waals surface area contributed by atoms with Gasteiger partial charge in [0.1, 0.15) is 0 Å². The predicted molar refractivity (Wildman–Crippen MR) is 66.1 cm³/mol. The summed E-state index contributed by atoms with van der Waals surface area (Å²) in [6, 6.07) is 0. The first kappa shape index (κ1) is 17.6. The molecule has 0 fully saturated rings. The van der Waals surface area contributed by atoms with Gasteiger partial charge in [0.05, 0.1) is 51.3 Å². The number of methoxy groups -OCH3 is 1. The van der Waals surface area contributed by atoms with Crippen molar-refractivity contribution >= 4 is 5.78 Å². The number of halogens is 3. The number of rotatable bonds is 10. The first-order valence-electron chi connectivity index (χ1n) is 6.23. The molecule has 0 aliphatic heterocycles. The molecule has 0 atom stereocenters. The highest BCUT2D eigenvalue weighted by atomic mass is 19.4. The SMILES string of the molecule is COCCOCCOCCn1cc(C(=O)C(F)(F)F)cn1. The Labute approximate surface area is 119 Å². The molecule has 0 saturated heterocycles. The molecule has 9 heteroatoms. The maximum Gasteiger partial charge on any atom is 0.454 e. The zero-order valence-electron chi connectivity index (χ0n) is 11.6. The average Bonchev–Trinajstić information content (AvgIpc) is 2.88. The van der Waals surface area contributed by atoms with Crippen molar-refractivity contribution in [3.63, 3.8) is 0 Å². The Balaban J connectivity index is 2.19. The summed E-state index contributed by atoms with van der Waals surface area (Å²) >= 11 is 0. The van der Waals surface area contributed by atoms with Gasteiger partial charge in [-0.25, -0.2) is 0 Å². The fourth-order valence-electron chi connectivity index (χ4n) is 1.39. The van der Waals surface area contributed by atoms with Gasteiger partial charge in [0.25, 0.3) is 5.78 Å². The van der Waals surface area contributed by atoms with E-state index in [1.807, 2.05) is 0 Å². The maximum absolute atomic E-state index is 12.2. The number of aromatic nitrogens is 2. The van der Waals surface area contributed by atoms with E-state index in [-0.39, 0.29) is 13.2 Å². The van der Waals surface area contributed by atoms with Crippen LogP contribution in [0.2, 0.25) is 0 Å². The fraction of sp³-hybridized carbons (Fsp3) is 0.667. The van der Waals surface area contributed by atoms with E-state index in [1.165, 1.54) is 4.68 Å². The van der Waals surface area contributed by atoms with Crippen LogP contribution in [-0.4, -0.2) is 61.9 Å². The number of alkyl halides is 3. The highest BCUT2D eigenvalue weighted by Gasteiger charge is 2.39. The molecule has 120 valence electrons. The van der Waals surface area contributed by atoms with Gasteiger partial charge in [0.15, 0.2) is 0 Å². The summed E-state index contributed by atoms with van der Waals surface area (Å²) in [5.41, 5.74) is -0.481. The Morgan fingerprint density at radius 2 is 1.81 bits per heavy atom. The highest BCUT2D eigenvalue weighted by molar-refractivity contribution is 5.99.